The largest absolute Gasteiger partial charge is 0.492 e. The molecule has 0 amide bonds. The minimum atomic E-state index is -0.813. The molecular weight excluding hydrogens is 485 g/mol. The van der Waals surface area contributed by atoms with Gasteiger partial charge < -0.3 is 19.9 Å². The Hall–Kier alpha value is -1.80. The predicted molar refractivity (Wildman–Crippen MR) is 143 cm³/mol. The first kappa shape index (κ1) is 26.3. The number of aliphatic hydroxyl groups excluding tert-OH is 1. The molecule has 0 bridgehead atoms. The Morgan fingerprint density at radius 1 is 1.14 bits per heavy atom. The molecule has 1 atom stereocenters. The van der Waals surface area contributed by atoms with Crippen molar-refractivity contribution >= 4 is 34.9 Å². The number of hydrogen-bond acceptors (Lipinski definition) is 5. The topological polar surface area (TPSA) is 80.8 Å². The number of rotatable bonds is 7. The molecule has 2 aliphatic heterocycles. The van der Waals surface area contributed by atoms with Gasteiger partial charge in [-0.25, -0.2) is 0 Å². The highest BCUT2D eigenvalue weighted by molar-refractivity contribution is 6.33. The molecule has 6 nitrogen and oxygen atoms in total. The fourth-order valence-corrected chi connectivity index (χ4v) is 5.31. The third-order valence-corrected chi connectivity index (χ3v) is 7.33. The van der Waals surface area contributed by atoms with Crippen LogP contribution < -0.4 is 10.1 Å². The van der Waals surface area contributed by atoms with E-state index in [0.29, 0.717) is 30.3 Å². The molecule has 190 valence electrons. The number of piperidine rings is 1. The van der Waals surface area contributed by atoms with Gasteiger partial charge in [-0.15, -0.1) is 12.4 Å². The van der Waals surface area contributed by atoms with E-state index in [0.717, 1.165) is 39.8 Å². The molecule has 0 saturated carbocycles. The Morgan fingerprint density at radius 2 is 1.91 bits per heavy atom. The smallest absolute Gasteiger partial charge is 0.138 e. The molecule has 8 heteroatoms. The van der Waals surface area contributed by atoms with Gasteiger partial charge in [-0.05, 0) is 75.2 Å². The summed E-state index contributed by atoms with van der Waals surface area (Å²) in [4.78, 5) is 6.06. The summed E-state index contributed by atoms with van der Waals surface area (Å²) in [5.74, 6) is 0.569. The molecule has 0 spiro atoms. The van der Waals surface area contributed by atoms with Crippen molar-refractivity contribution < 1.29 is 14.9 Å². The van der Waals surface area contributed by atoms with Gasteiger partial charge in [0.15, 0.2) is 0 Å². The predicted octanol–water partition coefficient (Wildman–Crippen LogP) is 5.53. The molecule has 2 aromatic carbocycles. The third-order valence-electron chi connectivity index (χ3n) is 6.92. The first-order chi connectivity index (χ1) is 16.3. The van der Waals surface area contributed by atoms with Crippen molar-refractivity contribution in [3.05, 3.63) is 52.0 Å². The lowest BCUT2D eigenvalue weighted by Crippen LogP contribution is -2.28. The quantitative estimate of drug-likeness (QED) is 0.330. The zero-order valence-electron chi connectivity index (χ0n) is 20.4. The van der Waals surface area contributed by atoms with Crippen LogP contribution in [-0.4, -0.2) is 45.4 Å². The van der Waals surface area contributed by atoms with Crippen LogP contribution in [0.4, 0.5) is 0 Å². The molecule has 4 N–H and O–H groups in total. The average molecular weight is 521 g/mol. The second-order valence-corrected chi connectivity index (χ2v) is 10.6. The number of aromatic nitrogens is 1. The number of aliphatic hydroxyl groups is 2. The number of fused-ring (bicyclic) bond motifs is 2. The maximum absolute atomic E-state index is 10.7. The highest BCUT2D eigenvalue weighted by Gasteiger charge is 2.29. The molecular formula is C27H35Cl2N3O3. The van der Waals surface area contributed by atoms with Crippen LogP contribution in [0.25, 0.3) is 22.2 Å². The van der Waals surface area contributed by atoms with E-state index in [-0.39, 0.29) is 12.4 Å². The summed E-state index contributed by atoms with van der Waals surface area (Å²) in [6, 6.07) is 10.6. The zero-order chi connectivity index (χ0) is 23.9. The van der Waals surface area contributed by atoms with E-state index in [9.17, 15) is 10.2 Å². The van der Waals surface area contributed by atoms with Crippen molar-refractivity contribution in [3.63, 3.8) is 0 Å². The van der Waals surface area contributed by atoms with E-state index in [1.165, 1.54) is 37.9 Å². The Balaban J connectivity index is 0.00000289. The SMILES string of the molecule is CC(C)(O)CCOc1cc(-c2cc3cc(CN4CCCCC4)ccc3[nH]2)c2c(c1Cl)CNC2O.Cl. The number of benzene rings is 2. The molecule has 1 unspecified atom stereocenters. The lowest BCUT2D eigenvalue weighted by molar-refractivity contribution is 0.0553. The van der Waals surface area contributed by atoms with Crippen LogP contribution in [0, 0.1) is 0 Å². The first-order valence-corrected chi connectivity index (χ1v) is 12.6. The second kappa shape index (κ2) is 10.7. The highest BCUT2D eigenvalue weighted by Crippen LogP contribution is 2.43. The number of ether oxygens (including phenoxy) is 1. The fraction of sp³-hybridized carbons (Fsp3) is 0.481. The van der Waals surface area contributed by atoms with Crippen molar-refractivity contribution in [1.29, 1.82) is 0 Å². The lowest BCUT2D eigenvalue weighted by Gasteiger charge is -2.26. The number of nitrogens with zero attached hydrogens (tertiary/aromatic N) is 1. The average Bonchev–Trinajstić information content (AvgIpc) is 3.39. The molecule has 0 aliphatic carbocycles. The monoisotopic (exact) mass is 519 g/mol. The van der Waals surface area contributed by atoms with Gasteiger partial charge >= 0.3 is 0 Å². The Bertz CT molecular complexity index is 1180. The minimum Gasteiger partial charge on any atom is -0.492 e. The van der Waals surface area contributed by atoms with E-state index in [4.69, 9.17) is 16.3 Å². The van der Waals surface area contributed by atoms with Crippen LogP contribution in [0.15, 0.2) is 30.3 Å². The first-order valence-electron chi connectivity index (χ1n) is 12.2. The van der Waals surface area contributed by atoms with E-state index >= 15 is 0 Å². The lowest BCUT2D eigenvalue weighted by atomic mass is 9.99. The van der Waals surface area contributed by atoms with E-state index < -0.39 is 11.8 Å². The molecule has 1 fully saturated rings. The molecule has 1 aromatic heterocycles. The van der Waals surface area contributed by atoms with Gasteiger partial charge in [-0.3, -0.25) is 10.2 Å². The summed E-state index contributed by atoms with van der Waals surface area (Å²) >= 11 is 6.67. The van der Waals surface area contributed by atoms with Gasteiger partial charge in [-0.1, -0.05) is 24.1 Å². The summed E-state index contributed by atoms with van der Waals surface area (Å²) in [6.07, 6.45) is 3.62. The minimum absolute atomic E-state index is 0. The molecule has 3 aromatic rings. The standard InChI is InChI=1S/C27H34ClN3O3.ClH/c1-27(2,33)8-11-34-23-14-19(24-20(25(23)28)15-29-26(24)32)22-13-18-12-17(6-7-21(18)30-22)16-31-9-4-3-5-10-31;/h6-7,12-14,26,29-30,32-33H,3-5,8-11,15-16H2,1-2H3;1H. The number of halogens is 2. The summed E-state index contributed by atoms with van der Waals surface area (Å²) in [5, 5.41) is 25.4. The zero-order valence-corrected chi connectivity index (χ0v) is 21.9. The third kappa shape index (κ3) is 5.79. The Labute approximate surface area is 218 Å². The van der Waals surface area contributed by atoms with Gasteiger partial charge in [0.25, 0.3) is 0 Å². The van der Waals surface area contributed by atoms with Crippen molar-refractivity contribution in [2.24, 2.45) is 0 Å². The van der Waals surface area contributed by atoms with Gasteiger partial charge in [-0.2, -0.15) is 0 Å². The molecule has 1 saturated heterocycles. The van der Waals surface area contributed by atoms with E-state index in [2.05, 4.69) is 39.5 Å². The Kier molecular flexibility index (Phi) is 8.01. The second-order valence-electron chi connectivity index (χ2n) is 10.3. The maximum atomic E-state index is 10.7. The summed E-state index contributed by atoms with van der Waals surface area (Å²) in [7, 11) is 0. The number of H-pyrrole nitrogens is 1. The summed E-state index contributed by atoms with van der Waals surface area (Å²) < 4.78 is 5.99. The number of likely N-dealkylation sites (tertiary alicyclic amines) is 1. The van der Waals surface area contributed by atoms with Crippen LogP contribution >= 0.6 is 24.0 Å². The fourth-order valence-electron chi connectivity index (χ4n) is 5.03. The summed E-state index contributed by atoms with van der Waals surface area (Å²) in [6.45, 7) is 7.68. The van der Waals surface area contributed by atoms with Crippen LogP contribution in [0.5, 0.6) is 5.75 Å². The normalized spacial score (nSPS) is 18.5. The van der Waals surface area contributed by atoms with E-state index in [1.54, 1.807) is 13.8 Å². The molecule has 0 radical (unpaired) electrons. The number of aromatic amines is 1. The van der Waals surface area contributed by atoms with Crippen LogP contribution in [-0.2, 0) is 13.1 Å². The number of nitrogens with one attached hydrogen (secondary N) is 2. The maximum Gasteiger partial charge on any atom is 0.138 e. The van der Waals surface area contributed by atoms with Gasteiger partial charge in [0.1, 0.15) is 12.0 Å². The highest BCUT2D eigenvalue weighted by atomic mass is 35.5. The number of hydrogen-bond donors (Lipinski definition) is 4. The van der Waals surface area contributed by atoms with Crippen LogP contribution in [0.3, 0.4) is 0 Å². The Morgan fingerprint density at radius 3 is 2.66 bits per heavy atom. The van der Waals surface area contributed by atoms with Crippen LogP contribution in [0.2, 0.25) is 5.02 Å². The van der Waals surface area contributed by atoms with Crippen molar-refractivity contribution in [3.8, 4) is 17.0 Å². The van der Waals surface area contributed by atoms with Crippen molar-refractivity contribution in [1.82, 2.24) is 15.2 Å². The molecule has 5 rings (SSSR count). The van der Waals surface area contributed by atoms with Crippen LogP contribution in [0.1, 0.15) is 62.4 Å². The molecule has 3 heterocycles. The van der Waals surface area contributed by atoms with Gasteiger partial charge in [0.2, 0.25) is 0 Å². The van der Waals surface area contributed by atoms with Gasteiger partial charge in [0, 0.05) is 47.2 Å². The van der Waals surface area contributed by atoms with E-state index in [1.807, 2.05) is 6.07 Å². The summed E-state index contributed by atoms with van der Waals surface area (Å²) in [5.41, 5.74) is 5.02. The van der Waals surface area contributed by atoms with Crippen molar-refractivity contribution in [2.45, 2.75) is 64.4 Å². The van der Waals surface area contributed by atoms with Gasteiger partial charge in [0.05, 0.1) is 17.2 Å². The molecule has 2 aliphatic rings. The van der Waals surface area contributed by atoms with Crippen molar-refractivity contribution in [2.75, 3.05) is 19.7 Å². The molecule has 35 heavy (non-hydrogen) atoms.